The van der Waals surface area contributed by atoms with Crippen molar-refractivity contribution in [3.05, 3.63) is 138 Å². The Balaban J connectivity index is 1.35. The zero-order valence-electron chi connectivity index (χ0n) is 21.8. The van der Waals surface area contributed by atoms with Gasteiger partial charge in [0.2, 0.25) is 5.43 Å². The van der Waals surface area contributed by atoms with Crippen LogP contribution in [-0.2, 0) is 0 Å². The van der Waals surface area contributed by atoms with Crippen molar-refractivity contribution in [2.24, 2.45) is 0 Å². The summed E-state index contributed by atoms with van der Waals surface area (Å²) in [4.78, 5) is 13.6. The third-order valence-corrected chi connectivity index (χ3v) is 8.20. The number of fused-ring (bicyclic) bond motifs is 9. The third kappa shape index (κ3) is 3.13. The molecule has 0 aliphatic heterocycles. The van der Waals surface area contributed by atoms with E-state index in [1.54, 1.807) is 0 Å². The molecule has 0 amide bonds. The van der Waals surface area contributed by atoms with Gasteiger partial charge in [-0.2, -0.15) is 0 Å². The minimum absolute atomic E-state index is 0.0330. The maximum atomic E-state index is 13.6. The Bertz CT molecular complexity index is 2550. The van der Waals surface area contributed by atoms with Gasteiger partial charge in [-0.25, -0.2) is 0 Å². The van der Waals surface area contributed by atoms with E-state index in [0.717, 1.165) is 60.6 Å². The molecule has 0 N–H and O–H groups in total. The smallest absolute Gasteiger partial charge is 0.200 e. The van der Waals surface area contributed by atoms with Crippen molar-refractivity contribution in [2.75, 3.05) is 0 Å². The van der Waals surface area contributed by atoms with Crippen LogP contribution in [0.15, 0.2) is 141 Å². The van der Waals surface area contributed by atoms with Gasteiger partial charge in [0.15, 0.2) is 5.58 Å². The lowest BCUT2D eigenvalue weighted by molar-refractivity contribution is 0.659. The average molecular weight is 528 g/mol. The summed E-state index contributed by atoms with van der Waals surface area (Å²) < 4.78 is 15.2. The highest BCUT2D eigenvalue weighted by Crippen LogP contribution is 2.40. The number of rotatable bonds is 2. The van der Waals surface area contributed by atoms with Crippen molar-refractivity contribution in [1.29, 1.82) is 0 Å². The summed E-state index contributed by atoms with van der Waals surface area (Å²) in [6.07, 6.45) is 0. The lowest BCUT2D eigenvalue weighted by atomic mass is 10.0. The molecular weight excluding hydrogens is 506 g/mol. The minimum atomic E-state index is -0.0330. The minimum Gasteiger partial charge on any atom is -0.456 e. The fourth-order valence-corrected chi connectivity index (χ4v) is 6.29. The second kappa shape index (κ2) is 8.20. The summed E-state index contributed by atoms with van der Waals surface area (Å²) in [5.74, 6) is 0. The largest absolute Gasteiger partial charge is 0.456 e. The van der Waals surface area contributed by atoms with E-state index in [0.29, 0.717) is 21.9 Å². The molecule has 192 valence electrons. The molecule has 0 aliphatic carbocycles. The number of para-hydroxylation sites is 2. The molecule has 9 rings (SSSR count). The molecule has 0 atom stereocenters. The Hall–Kier alpha value is -5.61. The number of nitrogens with zero attached hydrogens (tertiary/aromatic N) is 1. The van der Waals surface area contributed by atoms with Gasteiger partial charge in [-0.3, -0.25) is 4.79 Å². The first-order valence-electron chi connectivity index (χ1n) is 13.6. The zero-order valence-corrected chi connectivity index (χ0v) is 21.8. The van der Waals surface area contributed by atoms with Crippen LogP contribution in [0.1, 0.15) is 0 Å². The van der Waals surface area contributed by atoms with Crippen LogP contribution in [0.3, 0.4) is 0 Å². The molecule has 0 spiro atoms. The Labute approximate surface area is 233 Å². The normalized spacial score (nSPS) is 12.0. The van der Waals surface area contributed by atoms with Crippen LogP contribution in [0.4, 0.5) is 0 Å². The molecule has 41 heavy (non-hydrogen) atoms. The van der Waals surface area contributed by atoms with Gasteiger partial charge in [0, 0.05) is 27.6 Å². The van der Waals surface area contributed by atoms with Gasteiger partial charge in [-0.15, -0.1) is 0 Å². The zero-order chi connectivity index (χ0) is 27.1. The second-order valence-electron chi connectivity index (χ2n) is 10.5. The molecule has 0 bridgehead atoms. The topological polar surface area (TPSA) is 48.3 Å². The first kappa shape index (κ1) is 22.2. The number of hydrogen-bond acceptors (Lipinski definition) is 3. The monoisotopic (exact) mass is 527 g/mol. The van der Waals surface area contributed by atoms with E-state index in [1.807, 2.05) is 78.9 Å². The first-order valence-corrected chi connectivity index (χ1v) is 13.6. The molecule has 4 nitrogen and oxygen atoms in total. The van der Waals surface area contributed by atoms with Gasteiger partial charge in [0.05, 0.1) is 27.5 Å². The van der Waals surface area contributed by atoms with Crippen molar-refractivity contribution in [3.8, 4) is 16.8 Å². The number of furan rings is 1. The van der Waals surface area contributed by atoms with Crippen LogP contribution in [0.5, 0.6) is 0 Å². The lowest BCUT2D eigenvalue weighted by Gasteiger charge is -2.10. The quantitative estimate of drug-likeness (QED) is 0.210. The Kier molecular flexibility index (Phi) is 4.44. The summed E-state index contributed by atoms with van der Waals surface area (Å²) >= 11 is 0. The Morgan fingerprint density at radius 3 is 2.02 bits per heavy atom. The van der Waals surface area contributed by atoms with E-state index >= 15 is 0 Å². The predicted octanol–water partition coefficient (Wildman–Crippen LogP) is 9.61. The summed E-state index contributed by atoms with van der Waals surface area (Å²) in [5, 5.41) is 5.54. The van der Waals surface area contributed by atoms with E-state index in [9.17, 15) is 4.79 Å². The average Bonchev–Trinajstić information content (AvgIpc) is 3.57. The predicted molar refractivity (Wildman–Crippen MR) is 167 cm³/mol. The van der Waals surface area contributed by atoms with E-state index < -0.39 is 0 Å². The van der Waals surface area contributed by atoms with E-state index in [2.05, 4.69) is 53.1 Å². The molecule has 3 heterocycles. The first-order chi connectivity index (χ1) is 20.2. The summed E-state index contributed by atoms with van der Waals surface area (Å²) in [6.45, 7) is 0. The van der Waals surface area contributed by atoms with Gasteiger partial charge in [-0.1, -0.05) is 78.9 Å². The molecule has 0 radical (unpaired) electrons. The van der Waals surface area contributed by atoms with Gasteiger partial charge >= 0.3 is 0 Å². The molecule has 0 fully saturated rings. The molecule has 0 saturated heterocycles. The molecule has 0 unspecified atom stereocenters. The van der Waals surface area contributed by atoms with Crippen LogP contribution in [0.25, 0.3) is 82.5 Å². The lowest BCUT2D eigenvalue weighted by Crippen LogP contribution is -2.03. The Morgan fingerprint density at radius 1 is 0.463 bits per heavy atom. The number of hydrogen-bond donors (Lipinski definition) is 0. The standard InChI is InChI=1S/C37H21NO3/c39-36-29-16-14-23(22-8-2-1-3-9-22)20-33(29)40-34-21-24(15-17-30(34)36)38-31-12-6-4-10-25(31)27-18-19-28-26-11-5-7-13-32(26)41-37(28)35(27)38/h1-21H. The second-order valence-corrected chi connectivity index (χ2v) is 10.5. The fraction of sp³-hybridized carbons (Fsp3) is 0. The number of aromatic nitrogens is 1. The van der Waals surface area contributed by atoms with E-state index in [-0.39, 0.29) is 5.43 Å². The highest BCUT2D eigenvalue weighted by atomic mass is 16.3. The van der Waals surface area contributed by atoms with Crippen LogP contribution < -0.4 is 5.43 Å². The molecule has 9 aromatic rings. The molecule has 3 aromatic heterocycles. The van der Waals surface area contributed by atoms with Gasteiger partial charge in [-0.05, 0) is 53.6 Å². The third-order valence-electron chi connectivity index (χ3n) is 8.20. The summed E-state index contributed by atoms with van der Waals surface area (Å²) in [5.41, 5.74) is 7.82. The molecule has 6 aromatic carbocycles. The van der Waals surface area contributed by atoms with Gasteiger partial charge in [0.25, 0.3) is 0 Å². The summed E-state index contributed by atoms with van der Waals surface area (Å²) in [6, 6.07) is 42.6. The van der Waals surface area contributed by atoms with E-state index in [4.69, 9.17) is 8.83 Å². The fourth-order valence-electron chi connectivity index (χ4n) is 6.29. The molecule has 0 aliphatic rings. The van der Waals surface area contributed by atoms with Crippen LogP contribution >= 0.6 is 0 Å². The van der Waals surface area contributed by atoms with Gasteiger partial charge in [0.1, 0.15) is 16.7 Å². The highest BCUT2D eigenvalue weighted by Gasteiger charge is 2.19. The van der Waals surface area contributed by atoms with Crippen LogP contribution in [-0.4, -0.2) is 4.57 Å². The van der Waals surface area contributed by atoms with Crippen molar-refractivity contribution in [2.45, 2.75) is 0 Å². The molecule has 4 heteroatoms. The maximum absolute atomic E-state index is 13.6. The maximum Gasteiger partial charge on any atom is 0.200 e. The van der Waals surface area contributed by atoms with Crippen molar-refractivity contribution in [3.63, 3.8) is 0 Å². The van der Waals surface area contributed by atoms with Gasteiger partial charge < -0.3 is 13.4 Å². The summed E-state index contributed by atoms with van der Waals surface area (Å²) in [7, 11) is 0. The van der Waals surface area contributed by atoms with Crippen molar-refractivity contribution in [1.82, 2.24) is 4.57 Å². The van der Waals surface area contributed by atoms with Crippen LogP contribution in [0, 0.1) is 0 Å². The van der Waals surface area contributed by atoms with Crippen molar-refractivity contribution < 1.29 is 8.83 Å². The highest BCUT2D eigenvalue weighted by molar-refractivity contribution is 6.21. The number of benzene rings is 6. The molecular formula is C37H21NO3. The van der Waals surface area contributed by atoms with E-state index in [1.165, 1.54) is 0 Å². The molecule has 0 saturated carbocycles. The SMILES string of the molecule is O=c1c2ccc(-c3ccccc3)cc2oc2cc(-n3c4ccccc4c4ccc5c6ccccc6oc5c43)ccc12. The van der Waals surface area contributed by atoms with Crippen LogP contribution in [0.2, 0.25) is 0 Å². The Morgan fingerprint density at radius 2 is 1.15 bits per heavy atom. The van der Waals surface area contributed by atoms with Crippen molar-refractivity contribution >= 4 is 65.7 Å².